The molecule has 0 fully saturated rings. The highest BCUT2D eigenvalue weighted by Crippen LogP contribution is 2.04. The number of ether oxygens (including phenoxy) is 1. The maximum atomic E-state index is 11.6. The third-order valence-corrected chi connectivity index (χ3v) is 2.70. The number of methoxy groups -OCH3 is 1. The molecule has 6 nitrogen and oxygen atoms in total. The molecule has 0 aliphatic carbocycles. The molecule has 0 saturated carbocycles. The maximum absolute atomic E-state index is 11.6. The molecule has 0 aliphatic rings. The fourth-order valence-corrected chi connectivity index (χ4v) is 1.53. The number of nitrogens with two attached hydrogens (primary N) is 1. The van der Waals surface area contributed by atoms with E-state index >= 15 is 0 Å². The first kappa shape index (κ1) is 18.4. The quantitative estimate of drug-likeness (QED) is 0.692. The highest BCUT2D eigenvalue weighted by atomic mass is 35.5. The van der Waals surface area contributed by atoms with Crippen molar-refractivity contribution in [1.82, 2.24) is 10.6 Å². The SMILES string of the molecule is CNC(=O)c1ccc(CNC(=O)C(CN)OC)cc1.Cl. The van der Waals surface area contributed by atoms with Gasteiger partial charge in [0, 0.05) is 32.8 Å². The molecule has 0 bridgehead atoms. The summed E-state index contributed by atoms with van der Waals surface area (Å²) < 4.78 is 4.92. The van der Waals surface area contributed by atoms with Crippen molar-refractivity contribution in [2.24, 2.45) is 5.73 Å². The molecule has 7 heteroatoms. The zero-order valence-electron chi connectivity index (χ0n) is 11.5. The number of carbonyl (C=O) groups excluding carboxylic acids is 2. The van der Waals surface area contributed by atoms with E-state index in [4.69, 9.17) is 10.5 Å². The van der Waals surface area contributed by atoms with Gasteiger partial charge in [-0.15, -0.1) is 12.4 Å². The lowest BCUT2D eigenvalue weighted by molar-refractivity contribution is -0.130. The second kappa shape index (κ2) is 9.30. The number of nitrogens with one attached hydrogen (secondary N) is 2. The minimum absolute atomic E-state index is 0. The Kier molecular flexibility index (Phi) is 8.54. The van der Waals surface area contributed by atoms with E-state index in [1.165, 1.54) is 7.11 Å². The molecule has 0 radical (unpaired) electrons. The van der Waals surface area contributed by atoms with Gasteiger partial charge in [0.1, 0.15) is 6.10 Å². The van der Waals surface area contributed by atoms with Gasteiger partial charge in [-0.2, -0.15) is 0 Å². The normalized spacial score (nSPS) is 11.2. The van der Waals surface area contributed by atoms with Crippen molar-refractivity contribution in [2.75, 3.05) is 20.7 Å². The van der Waals surface area contributed by atoms with E-state index in [1.807, 2.05) is 0 Å². The minimum Gasteiger partial charge on any atom is -0.370 e. The lowest BCUT2D eigenvalue weighted by Gasteiger charge is -2.13. The molecule has 1 unspecified atom stereocenters. The summed E-state index contributed by atoms with van der Waals surface area (Å²) in [5, 5.41) is 5.26. The van der Waals surface area contributed by atoms with Crippen LogP contribution in [0.15, 0.2) is 24.3 Å². The third-order valence-electron chi connectivity index (χ3n) is 2.70. The maximum Gasteiger partial charge on any atom is 0.251 e. The summed E-state index contributed by atoms with van der Waals surface area (Å²) in [6, 6.07) is 6.98. The second-order valence-electron chi connectivity index (χ2n) is 3.95. The first-order chi connectivity index (χ1) is 9.12. The van der Waals surface area contributed by atoms with Crippen LogP contribution in [0.25, 0.3) is 0 Å². The van der Waals surface area contributed by atoms with E-state index < -0.39 is 6.10 Å². The van der Waals surface area contributed by atoms with E-state index in [2.05, 4.69) is 10.6 Å². The summed E-state index contributed by atoms with van der Waals surface area (Å²) in [6.45, 7) is 0.505. The highest BCUT2D eigenvalue weighted by molar-refractivity contribution is 5.93. The summed E-state index contributed by atoms with van der Waals surface area (Å²) in [7, 11) is 3.02. The van der Waals surface area contributed by atoms with Crippen LogP contribution in [0.2, 0.25) is 0 Å². The Morgan fingerprint density at radius 3 is 2.35 bits per heavy atom. The number of hydrogen-bond acceptors (Lipinski definition) is 4. The molecule has 112 valence electrons. The molecule has 4 N–H and O–H groups in total. The summed E-state index contributed by atoms with van der Waals surface area (Å²) in [6.07, 6.45) is -0.634. The standard InChI is InChI=1S/C13H19N3O3.ClH/c1-15-12(17)10-5-3-9(4-6-10)8-16-13(18)11(7-14)19-2;/h3-6,11H,7-8,14H2,1-2H3,(H,15,17)(H,16,18);1H. The Labute approximate surface area is 124 Å². The minimum atomic E-state index is -0.634. The number of carbonyl (C=O) groups is 2. The van der Waals surface area contributed by atoms with Gasteiger partial charge in [0.2, 0.25) is 0 Å². The van der Waals surface area contributed by atoms with Crippen LogP contribution in [-0.2, 0) is 16.1 Å². The van der Waals surface area contributed by atoms with Crippen molar-refractivity contribution in [2.45, 2.75) is 12.6 Å². The number of rotatable bonds is 6. The largest absolute Gasteiger partial charge is 0.370 e. The summed E-state index contributed by atoms with van der Waals surface area (Å²) in [4.78, 5) is 23.0. The molecule has 2 amide bonds. The lowest BCUT2D eigenvalue weighted by Crippen LogP contribution is -2.40. The Morgan fingerprint density at radius 1 is 1.30 bits per heavy atom. The van der Waals surface area contributed by atoms with E-state index in [1.54, 1.807) is 31.3 Å². The average molecular weight is 302 g/mol. The number of amides is 2. The van der Waals surface area contributed by atoms with Gasteiger partial charge < -0.3 is 21.1 Å². The van der Waals surface area contributed by atoms with E-state index in [-0.39, 0.29) is 30.8 Å². The van der Waals surface area contributed by atoms with Crippen LogP contribution in [0, 0.1) is 0 Å². The second-order valence-corrected chi connectivity index (χ2v) is 3.95. The van der Waals surface area contributed by atoms with Crippen molar-refractivity contribution in [3.63, 3.8) is 0 Å². The molecule has 20 heavy (non-hydrogen) atoms. The van der Waals surface area contributed by atoms with Crippen molar-refractivity contribution >= 4 is 24.2 Å². The van der Waals surface area contributed by atoms with Gasteiger partial charge in [0.15, 0.2) is 0 Å². The van der Waals surface area contributed by atoms with Gasteiger partial charge >= 0.3 is 0 Å². The average Bonchev–Trinajstić information content (AvgIpc) is 2.46. The van der Waals surface area contributed by atoms with Crippen molar-refractivity contribution in [1.29, 1.82) is 0 Å². The van der Waals surface area contributed by atoms with Crippen LogP contribution in [-0.4, -0.2) is 38.6 Å². The monoisotopic (exact) mass is 301 g/mol. The van der Waals surface area contributed by atoms with E-state index in [0.29, 0.717) is 12.1 Å². The molecular formula is C13H20ClN3O3. The summed E-state index contributed by atoms with van der Waals surface area (Å²) in [5.41, 5.74) is 6.87. The Morgan fingerprint density at radius 2 is 1.90 bits per heavy atom. The third kappa shape index (κ3) is 5.16. The summed E-state index contributed by atoms with van der Waals surface area (Å²) in [5.74, 6) is -0.390. The fraction of sp³-hybridized carbons (Fsp3) is 0.385. The van der Waals surface area contributed by atoms with Crippen molar-refractivity contribution in [3.05, 3.63) is 35.4 Å². The molecular weight excluding hydrogens is 282 g/mol. The number of hydrogen-bond donors (Lipinski definition) is 3. The Balaban J connectivity index is 0.00000361. The van der Waals surface area contributed by atoms with Crippen LogP contribution in [0.3, 0.4) is 0 Å². The van der Waals surface area contributed by atoms with Crippen LogP contribution >= 0.6 is 12.4 Å². The molecule has 0 heterocycles. The first-order valence-corrected chi connectivity index (χ1v) is 5.94. The van der Waals surface area contributed by atoms with Gasteiger partial charge in [-0.25, -0.2) is 0 Å². The zero-order valence-corrected chi connectivity index (χ0v) is 12.3. The molecule has 0 saturated heterocycles. The zero-order chi connectivity index (χ0) is 14.3. The van der Waals surface area contributed by atoms with E-state index in [0.717, 1.165) is 5.56 Å². The number of benzene rings is 1. The van der Waals surface area contributed by atoms with Crippen LogP contribution < -0.4 is 16.4 Å². The molecule has 1 atom stereocenters. The first-order valence-electron chi connectivity index (χ1n) is 5.94. The molecule has 0 spiro atoms. The topological polar surface area (TPSA) is 93.5 Å². The Hall–Kier alpha value is -1.63. The summed E-state index contributed by atoms with van der Waals surface area (Å²) >= 11 is 0. The highest BCUT2D eigenvalue weighted by Gasteiger charge is 2.14. The molecule has 1 aromatic carbocycles. The van der Waals surface area contributed by atoms with Crippen LogP contribution in [0.5, 0.6) is 0 Å². The molecule has 1 aromatic rings. The predicted octanol–water partition coefficient (Wildman–Crippen LogP) is 0.0579. The smallest absolute Gasteiger partial charge is 0.251 e. The molecule has 0 aliphatic heterocycles. The fourth-order valence-electron chi connectivity index (χ4n) is 1.53. The Bertz CT molecular complexity index is 433. The van der Waals surface area contributed by atoms with Gasteiger partial charge in [-0.05, 0) is 17.7 Å². The van der Waals surface area contributed by atoms with Crippen molar-refractivity contribution < 1.29 is 14.3 Å². The van der Waals surface area contributed by atoms with Crippen molar-refractivity contribution in [3.8, 4) is 0 Å². The van der Waals surface area contributed by atoms with Gasteiger partial charge in [0.05, 0.1) is 0 Å². The predicted molar refractivity (Wildman–Crippen MR) is 78.8 cm³/mol. The van der Waals surface area contributed by atoms with Gasteiger partial charge in [-0.3, -0.25) is 9.59 Å². The lowest BCUT2D eigenvalue weighted by atomic mass is 10.1. The van der Waals surface area contributed by atoms with E-state index in [9.17, 15) is 9.59 Å². The molecule has 1 rings (SSSR count). The van der Waals surface area contributed by atoms with Gasteiger partial charge in [0.25, 0.3) is 11.8 Å². The number of halogens is 1. The van der Waals surface area contributed by atoms with Gasteiger partial charge in [-0.1, -0.05) is 12.1 Å². The van der Waals surface area contributed by atoms with Crippen LogP contribution in [0.4, 0.5) is 0 Å². The van der Waals surface area contributed by atoms with Crippen LogP contribution in [0.1, 0.15) is 15.9 Å². The molecule has 0 aromatic heterocycles.